The summed E-state index contributed by atoms with van der Waals surface area (Å²) < 4.78 is 26.0. The maximum atomic E-state index is 14.7. The van der Waals surface area contributed by atoms with E-state index in [1.807, 2.05) is 0 Å². The average Bonchev–Trinajstić information content (AvgIpc) is 2.78. The lowest BCUT2D eigenvalue weighted by atomic mass is 9.98. The third kappa shape index (κ3) is 5.99. The highest BCUT2D eigenvalue weighted by molar-refractivity contribution is 7.99. The van der Waals surface area contributed by atoms with Crippen LogP contribution in [0.2, 0.25) is 0 Å². The number of halogens is 1. The summed E-state index contributed by atoms with van der Waals surface area (Å²) in [5.41, 5.74) is -0.0704. The van der Waals surface area contributed by atoms with Gasteiger partial charge in [-0.3, -0.25) is 4.79 Å². The fourth-order valence-electron chi connectivity index (χ4n) is 4.35. The average molecular weight is 450 g/mol. The molecule has 1 N–H and O–H groups in total. The summed E-state index contributed by atoms with van der Waals surface area (Å²) in [5.74, 6) is 1.52. The summed E-state index contributed by atoms with van der Waals surface area (Å²) in [5, 5.41) is 0.505. The molecule has 0 atom stereocenters. The molecule has 0 unspecified atom stereocenters. The molecule has 2 aliphatic rings. The first kappa shape index (κ1) is 22.6. The Morgan fingerprint density at radius 1 is 1.26 bits per heavy atom. The number of thioether (sulfide) groups is 1. The molecule has 2 saturated heterocycles. The van der Waals surface area contributed by atoms with Crippen molar-refractivity contribution < 1.29 is 13.9 Å². The fourth-order valence-corrected chi connectivity index (χ4v) is 5.40. The molecule has 1 aromatic heterocycles. The highest BCUT2D eigenvalue weighted by Gasteiger charge is 2.20. The zero-order valence-corrected chi connectivity index (χ0v) is 19.0. The Kier molecular flexibility index (Phi) is 7.85. The topological polar surface area (TPSA) is 67.5 Å². The number of nitrogens with one attached hydrogen (secondary N) is 1. The van der Waals surface area contributed by atoms with E-state index in [1.165, 1.54) is 12.5 Å². The highest BCUT2D eigenvalue weighted by Crippen LogP contribution is 2.26. The Morgan fingerprint density at radius 3 is 2.77 bits per heavy atom. The van der Waals surface area contributed by atoms with Gasteiger partial charge in [0.15, 0.2) is 0 Å². The Labute approximate surface area is 186 Å². The van der Waals surface area contributed by atoms with Crippen LogP contribution in [0.5, 0.6) is 5.75 Å². The van der Waals surface area contributed by atoms with E-state index in [4.69, 9.17) is 9.47 Å². The summed E-state index contributed by atoms with van der Waals surface area (Å²) in [7, 11) is 0. The van der Waals surface area contributed by atoms with Gasteiger partial charge in [0.05, 0.1) is 17.9 Å². The number of hydrogen-bond donors (Lipinski definition) is 1. The van der Waals surface area contributed by atoms with Crippen molar-refractivity contribution in [3.05, 3.63) is 34.1 Å². The van der Waals surface area contributed by atoms with Crippen LogP contribution in [0.15, 0.2) is 16.9 Å². The maximum Gasteiger partial charge on any atom is 0.261 e. The molecule has 2 aromatic rings. The smallest absolute Gasteiger partial charge is 0.261 e. The lowest BCUT2D eigenvalue weighted by molar-refractivity contribution is 0.1000. The molecule has 4 rings (SSSR count). The number of hydrogen-bond acceptors (Lipinski definition) is 6. The molecule has 0 amide bonds. The van der Waals surface area contributed by atoms with E-state index in [1.54, 1.807) is 17.8 Å². The zero-order chi connectivity index (χ0) is 21.6. The Balaban J connectivity index is 1.40. The van der Waals surface area contributed by atoms with Crippen molar-refractivity contribution in [2.45, 2.75) is 50.0 Å². The van der Waals surface area contributed by atoms with Crippen molar-refractivity contribution in [2.24, 2.45) is 5.92 Å². The number of ether oxygens (including phenoxy) is 2. The van der Waals surface area contributed by atoms with Crippen LogP contribution < -0.4 is 10.3 Å². The Hall–Kier alpha value is -1.64. The molecular weight excluding hydrogens is 417 g/mol. The number of H-pyrrole nitrogens is 1. The summed E-state index contributed by atoms with van der Waals surface area (Å²) >= 11 is 1.77. The zero-order valence-electron chi connectivity index (χ0n) is 18.2. The fraction of sp³-hybridized carbons (Fsp3) is 0.652. The van der Waals surface area contributed by atoms with E-state index in [2.05, 4.69) is 21.8 Å². The number of benzene rings is 1. The molecule has 170 valence electrons. The first-order valence-electron chi connectivity index (χ1n) is 11.4. The van der Waals surface area contributed by atoms with Crippen LogP contribution >= 0.6 is 11.8 Å². The van der Waals surface area contributed by atoms with Crippen molar-refractivity contribution in [3.63, 3.8) is 0 Å². The molecule has 6 nitrogen and oxygen atoms in total. The van der Waals surface area contributed by atoms with Gasteiger partial charge in [-0.25, -0.2) is 9.37 Å². The van der Waals surface area contributed by atoms with Crippen LogP contribution in [0.1, 0.15) is 44.9 Å². The van der Waals surface area contributed by atoms with Crippen LogP contribution in [-0.4, -0.2) is 59.6 Å². The molecule has 0 radical (unpaired) electrons. The van der Waals surface area contributed by atoms with Gasteiger partial charge in [0.1, 0.15) is 22.8 Å². The molecule has 0 saturated carbocycles. The number of piperidine rings is 1. The minimum atomic E-state index is -0.581. The highest BCUT2D eigenvalue weighted by atomic mass is 32.2. The lowest BCUT2D eigenvalue weighted by Crippen LogP contribution is -2.35. The van der Waals surface area contributed by atoms with Crippen molar-refractivity contribution >= 4 is 22.7 Å². The van der Waals surface area contributed by atoms with E-state index in [-0.39, 0.29) is 5.39 Å². The Morgan fingerprint density at radius 2 is 2.03 bits per heavy atom. The van der Waals surface area contributed by atoms with Crippen LogP contribution in [0, 0.1) is 11.7 Å². The number of aromatic amines is 1. The van der Waals surface area contributed by atoms with Gasteiger partial charge < -0.3 is 19.4 Å². The normalized spacial score (nSPS) is 19.2. The van der Waals surface area contributed by atoms with E-state index in [0.717, 1.165) is 58.5 Å². The Bertz CT molecular complexity index is 924. The van der Waals surface area contributed by atoms with Crippen molar-refractivity contribution in [3.8, 4) is 5.75 Å². The third-order valence-corrected chi connectivity index (χ3v) is 7.52. The second-order valence-electron chi connectivity index (χ2n) is 8.53. The number of rotatable bonds is 8. The molecule has 3 heterocycles. The van der Waals surface area contributed by atoms with Crippen LogP contribution in [0.3, 0.4) is 0 Å². The second kappa shape index (κ2) is 10.8. The molecule has 31 heavy (non-hydrogen) atoms. The van der Waals surface area contributed by atoms with Gasteiger partial charge in [-0.15, -0.1) is 0 Å². The predicted molar refractivity (Wildman–Crippen MR) is 122 cm³/mol. The summed E-state index contributed by atoms with van der Waals surface area (Å²) in [6, 6.07) is 3.00. The van der Waals surface area contributed by atoms with E-state index >= 15 is 0 Å². The third-order valence-electron chi connectivity index (χ3n) is 6.14. The van der Waals surface area contributed by atoms with Gasteiger partial charge in [-0.1, -0.05) is 6.92 Å². The predicted octanol–water partition coefficient (Wildman–Crippen LogP) is 3.98. The monoisotopic (exact) mass is 449 g/mol. The van der Waals surface area contributed by atoms with Gasteiger partial charge >= 0.3 is 0 Å². The number of likely N-dealkylation sites (tertiary alicyclic amines) is 1. The van der Waals surface area contributed by atoms with Gasteiger partial charge in [-0.05, 0) is 57.7 Å². The molecular formula is C23H32FN3O3S. The van der Waals surface area contributed by atoms with Gasteiger partial charge in [-0.2, -0.15) is 11.8 Å². The summed E-state index contributed by atoms with van der Waals surface area (Å²) in [4.78, 5) is 22.2. The van der Waals surface area contributed by atoms with E-state index < -0.39 is 11.4 Å². The SMILES string of the molecule is CCCN1CCC(COc2cc(F)c3c(=O)[nH]c(CSC4CCOCC4)nc3c2)CC1. The number of nitrogens with zero attached hydrogens (tertiary/aromatic N) is 2. The van der Waals surface area contributed by atoms with Gasteiger partial charge in [0.25, 0.3) is 5.56 Å². The molecule has 8 heteroatoms. The van der Waals surface area contributed by atoms with Gasteiger partial charge in [0, 0.05) is 30.6 Å². The van der Waals surface area contributed by atoms with Crippen molar-refractivity contribution in [1.82, 2.24) is 14.9 Å². The van der Waals surface area contributed by atoms with E-state index in [0.29, 0.717) is 40.6 Å². The largest absolute Gasteiger partial charge is 0.493 e. The first-order chi connectivity index (χ1) is 15.1. The minimum absolute atomic E-state index is 0.0000372. The quantitative estimate of drug-likeness (QED) is 0.658. The molecule has 0 bridgehead atoms. The number of aromatic nitrogens is 2. The van der Waals surface area contributed by atoms with E-state index in [9.17, 15) is 9.18 Å². The van der Waals surface area contributed by atoms with Crippen LogP contribution in [-0.2, 0) is 10.5 Å². The maximum absolute atomic E-state index is 14.7. The standard InChI is InChI=1S/C23H32FN3O3S/c1-2-7-27-8-3-16(4-9-27)14-30-17-12-19(24)22-20(13-17)25-21(26-23(22)28)15-31-18-5-10-29-11-6-18/h12-13,16,18H,2-11,14-15H2,1H3,(H,25,26,28). The number of fused-ring (bicyclic) bond motifs is 1. The van der Waals surface area contributed by atoms with Crippen molar-refractivity contribution in [2.75, 3.05) is 39.5 Å². The van der Waals surface area contributed by atoms with Crippen LogP contribution in [0.4, 0.5) is 4.39 Å². The van der Waals surface area contributed by atoms with Crippen molar-refractivity contribution in [1.29, 1.82) is 0 Å². The molecule has 0 aliphatic carbocycles. The molecule has 0 spiro atoms. The summed E-state index contributed by atoms with van der Waals surface area (Å²) in [6.07, 6.45) is 5.39. The first-order valence-corrected chi connectivity index (χ1v) is 12.4. The molecule has 2 fully saturated rings. The summed E-state index contributed by atoms with van der Waals surface area (Å²) in [6.45, 7) is 7.68. The van der Waals surface area contributed by atoms with Gasteiger partial charge in [0.2, 0.25) is 0 Å². The molecule has 1 aromatic carbocycles. The second-order valence-corrected chi connectivity index (χ2v) is 9.82. The molecule has 2 aliphatic heterocycles. The van der Waals surface area contributed by atoms with Crippen LogP contribution in [0.25, 0.3) is 10.9 Å². The lowest BCUT2D eigenvalue weighted by Gasteiger charge is -2.31. The minimum Gasteiger partial charge on any atom is -0.493 e.